The van der Waals surface area contributed by atoms with E-state index < -0.39 is 16.1 Å². The van der Waals surface area contributed by atoms with Gasteiger partial charge in [0.25, 0.3) is 0 Å². The molecule has 0 saturated heterocycles. The summed E-state index contributed by atoms with van der Waals surface area (Å²) in [6.45, 7) is 17.2. The Labute approximate surface area is 274 Å². The van der Waals surface area contributed by atoms with Crippen molar-refractivity contribution in [3.8, 4) is 0 Å². The first-order valence-electron chi connectivity index (χ1n) is 13.1. The zero-order valence-electron chi connectivity index (χ0n) is 25.4. The number of ether oxygens (including phenoxy) is 2. The third-order valence-electron chi connectivity index (χ3n) is 5.15. The number of hydrogen-bond acceptors (Lipinski definition) is 7. The highest BCUT2D eigenvalue weighted by Gasteiger charge is 2.15. The van der Waals surface area contributed by atoms with Gasteiger partial charge < -0.3 is 14.8 Å². The molecule has 0 aliphatic heterocycles. The third-order valence-corrected chi connectivity index (χ3v) is 10.1. The van der Waals surface area contributed by atoms with Gasteiger partial charge in [-0.25, -0.2) is 0 Å². The highest BCUT2D eigenvalue weighted by molar-refractivity contribution is 9.10. The highest BCUT2D eigenvalue weighted by Crippen LogP contribution is 2.23. The van der Waals surface area contributed by atoms with E-state index in [2.05, 4.69) is 76.5 Å². The monoisotopic (exact) mass is 760 g/mol. The van der Waals surface area contributed by atoms with Crippen LogP contribution in [0.15, 0.2) is 50.3 Å². The lowest BCUT2D eigenvalue weighted by Gasteiger charge is -2.18. The van der Waals surface area contributed by atoms with Crippen LogP contribution in [0.3, 0.4) is 0 Å². The number of hydrogen-bond donors (Lipinski definition) is 1. The number of rotatable bonds is 10. The van der Waals surface area contributed by atoms with E-state index >= 15 is 0 Å². The number of benzene rings is 2. The Balaban J connectivity index is 0.000000410. The zero-order chi connectivity index (χ0) is 31.4. The molecule has 0 aliphatic rings. The first kappa shape index (κ1) is 37.7. The molecule has 226 valence electrons. The van der Waals surface area contributed by atoms with Gasteiger partial charge in [-0.3, -0.25) is 14.6 Å². The fraction of sp³-hybridized carbons (Fsp3) is 0.448. The maximum absolute atomic E-state index is 10.9. The third kappa shape index (κ3) is 16.2. The van der Waals surface area contributed by atoms with Crippen LogP contribution in [0.25, 0.3) is 0 Å². The van der Waals surface area contributed by atoms with Crippen molar-refractivity contribution in [2.24, 2.45) is 4.99 Å². The summed E-state index contributed by atoms with van der Waals surface area (Å²) in [5.74, 6) is -0.555. The summed E-state index contributed by atoms with van der Waals surface area (Å²) in [5.41, 5.74) is 3.95. The topological polar surface area (TPSA) is 77.0 Å². The number of nitrogens with zero attached hydrogens (tertiary/aromatic N) is 1. The summed E-state index contributed by atoms with van der Waals surface area (Å²) >= 11 is 14.1. The normalized spacial score (nSPS) is 11.7. The molecule has 2 aromatic carbocycles. The number of carbonyl (C=O) groups is 2. The summed E-state index contributed by atoms with van der Waals surface area (Å²) in [5, 5.41) is 4.38. The van der Waals surface area contributed by atoms with Crippen molar-refractivity contribution >= 4 is 94.0 Å². The Morgan fingerprint density at radius 2 is 1.32 bits per heavy atom. The minimum absolute atomic E-state index is 0.269. The van der Waals surface area contributed by atoms with E-state index in [0.717, 1.165) is 53.6 Å². The molecular formula is C29H42Br2N2O4S2Si2. The van der Waals surface area contributed by atoms with Gasteiger partial charge in [0, 0.05) is 57.4 Å². The largest absolute Gasteiger partial charge is 0.461 e. The van der Waals surface area contributed by atoms with Crippen LogP contribution in [-0.2, 0) is 32.3 Å². The number of carbonyl (C=O) groups excluding carboxylic acids is 2. The molecule has 6 nitrogen and oxygen atoms in total. The van der Waals surface area contributed by atoms with E-state index in [1.54, 1.807) is 11.8 Å². The van der Waals surface area contributed by atoms with Crippen molar-refractivity contribution in [2.75, 3.05) is 18.6 Å². The maximum Gasteiger partial charge on any atom is 0.302 e. The lowest BCUT2D eigenvalue weighted by Crippen LogP contribution is -2.39. The number of halogens is 2. The van der Waals surface area contributed by atoms with E-state index in [1.165, 1.54) is 13.8 Å². The molecule has 0 radical (unpaired) electrons. The van der Waals surface area contributed by atoms with E-state index in [1.807, 2.05) is 42.7 Å². The second kappa shape index (κ2) is 17.7. The average Bonchev–Trinajstić information content (AvgIpc) is 2.85. The number of nitrogens with one attached hydrogen (secondary N) is 1. The Kier molecular flexibility index (Phi) is 16.3. The number of thioether (sulfide) groups is 1. The predicted octanol–water partition coefficient (Wildman–Crippen LogP) is 8.15. The maximum atomic E-state index is 10.9. The zero-order valence-corrected chi connectivity index (χ0v) is 32.3. The fourth-order valence-electron chi connectivity index (χ4n) is 2.99. The molecule has 0 amide bonds. The minimum Gasteiger partial charge on any atom is -0.461 e. The number of esters is 2. The van der Waals surface area contributed by atoms with Crippen molar-refractivity contribution in [3.05, 3.63) is 67.6 Å². The van der Waals surface area contributed by atoms with Crippen molar-refractivity contribution in [1.29, 1.82) is 0 Å². The standard InChI is InChI=1S/C15H22BrNO2SSi.C14H20BrNO2SSi/c1-11(18)19-9-13-7-6-12(8-14(13)16)15(20-2)17-10-21(3,4)5;1-10(17)18-8-12-6-5-11(7-13(12)15)14(19)16-9-20(2,3)4/h6-8H,9-10H2,1-5H3;5-7H,8-9H2,1-4H3,(H,16,19). The molecule has 12 heteroatoms. The molecule has 0 heterocycles. The van der Waals surface area contributed by atoms with Crippen LogP contribution in [0.4, 0.5) is 0 Å². The SMILES string of the molecule is CC(=O)OCc1ccc(C(=S)NC[Si](C)(C)C)cc1Br.CSC(=NC[Si](C)(C)C)c1ccc(COC(C)=O)c(Br)c1. The molecule has 0 aromatic heterocycles. The quantitative estimate of drug-likeness (QED) is 0.0862. The Morgan fingerprint density at radius 1 is 0.854 bits per heavy atom. The summed E-state index contributed by atoms with van der Waals surface area (Å²) in [6, 6.07) is 11.9. The molecule has 0 fully saturated rings. The lowest BCUT2D eigenvalue weighted by molar-refractivity contribution is -0.143. The molecule has 0 saturated carbocycles. The lowest BCUT2D eigenvalue weighted by atomic mass is 10.1. The van der Waals surface area contributed by atoms with Gasteiger partial charge in [0.15, 0.2) is 0 Å². The van der Waals surface area contributed by atoms with Crippen molar-refractivity contribution in [3.63, 3.8) is 0 Å². The Bertz CT molecular complexity index is 1250. The smallest absolute Gasteiger partial charge is 0.302 e. The van der Waals surface area contributed by atoms with Gasteiger partial charge in [0.1, 0.15) is 18.2 Å². The Hall–Kier alpha value is -1.32. The number of thiocarbonyl (C=S) groups is 1. The van der Waals surface area contributed by atoms with Crippen LogP contribution in [0, 0.1) is 0 Å². The van der Waals surface area contributed by atoms with Gasteiger partial charge in [-0.05, 0) is 18.4 Å². The number of aliphatic imine (C=N–C) groups is 1. The molecule has 0 aliphatic carbocycles. The molecule has 2 aromatic rings. The summed E-state index contributed by atoms with van der Waals surface area (Å²) in [6.07, 6.45) is 3.93. The molecular weight excluding hydrogens is 720 g/mol. The van der Waals surface area contributed by atoms with Gasteiger partial charge >= 0.3 is 11.9 Å². The van der Waals surface area contributed by atoms with Gasteiger partial charge in [-0.1, -0.05) is 108 Å². The van der Waals surface area contributed by atoms with Crippen LogP contribution < -0.4 is 5.32 Å². The Morgan fingerprint density at radius 3 is 1.71 bits per heavy atom. The average molecular weight is 763 g/mol. The van der Waals surface area contributed by atoms with Crippen molar-refractivity contribution in [2.45, 2.75) is 66.3 Å². The van der Waals surface area contributed by atoms with Gasteiger partial charge in [-0.2, -0.15) is 0 Å². The predicted molar refractivity (Wildman–Crippen MR) is 191 cm³/mol. The van der Waals surface area contributed by atoms with Crippen LogP contribution in [0.2, 0.25) is 39.3 Å². The summed E-state index contributed by atoms with van der Waals surface area (Å²) < 4.78 is 11.9. The molecule has 41 heavy (non-hydrogen) atoms. The first-order valence-corrected chi connectivity index (χ1v) is 23.8. The summed E-state index contributed by atoms with van der Waals surface area (Å²) in [7, 11) is -2.36. The van der Waals surface area contributed by atoms with Crippen molar-refractivity contribution < 1.29 is 19.1 Å². The molecule has 2 rings (SSSR count). The van der Waals surface area contributed by atoms with Crippen LogP contribution in [0.5, 0.6) is 0 Å². The van der Waals surface area contributed by atoms with Crippen LogP contribution in [0.1, 0.15) is 36.1 Å². The second-order valence-electron chi connectivity index (χ2n) is 11.8. The van der Waals surface area contributed by atoms with Gasteiger partial charge in [0.05, 0.1) is 21.2 Å². The molecule has 0 bridgehead atoms. The fourth-order valence-corrected chi connectivity index (χ4v) is 6.32. The van der Waals surface area contributed by atoms with E-state index in [-0.39, 0.29) is 25.2 Å². The molecule has 0 atom stereocenters. The van der Waals surface area contributed by atoms with Crippen LogP contribution in [-0.4, -0.2) is 56.7 Å². The van der Waals surface area contributed by atoms with Crippen molar-refractivity contribution in [1.82, 2.24) is 5.32 Å². The molecule has 0 spiro atoms. The van der Waals surface area contributed by atoms with E-state index in [4.69, 9.17) is 26.7 Å². The first-order chi connectivity index (χ1) is 18.9. The molecule has 0 unspecified atom stereocenters. The second-order valence-corrected chi connectivity index (χ2v) is 25.6. The summed E-state index contributed by atoms with van der Waals surface area (Å²) in [4.78, 5) is 27.2. The van der Waals surface area contributed by atoms with Crippen LogP contribution >= 0.6 is 55.8 Å². The molecule has 1 N–H and O–H groups in total. The van der Waals surface area contributed by atoms with Gasteiger partial charge in [-0.15, -0.1) is 11.8 Å². The van der Waals surface area contributed by atoms with E-state index in [0.29, 0.717) is 0 Å². The van der Waals surface area contributed by atoms with Gasteiger partial charge in [0.2, 0.25) is 0 Å². The minimum atomic E-state index is -1.19. The van der Waals surface area contributed by atoms with E-state index in [9.17, 15) is 9.59 Å². The highest BCUT2D eigenvalue weighted by atomic mass is 79.9.